The van der Waals surface area contributed by atoms with Gasteiger partial charge >= 0.3 is 0 Å². The number of benzene rings is 1. The molecular formula is C21H25N5O3. The summed E-state index contributed by atoms with van der Waals surface area (Å²) in [6, 6.07) is 7.24. The number of carbonyl (C=O) groups excluding carboxylic acids is 1. The van der Waals surface area contributed by atoms with E-state index in [-0.39, 0.29) is 11.7 Å². The van der Waals surface area contributed by atoms with Gasteiger partial charge in [-0.25, -0.2) is 9.97 Å². The van der Waals surface area contributed by atoms with Gasteiger partial charge in [0.15, 0.2) is 17.1 Å². The molecule has 0 saturated carbocycles. The van der Waals surface area contributed by atoms with Gasteiger partial charge in [0.2, 0.25) is 5.95 Å². The van der Waals surface area contributed by atoms with E-state index in [0.29, 0.717) is 23.0 Å². The maximum Gasteiger partial charge on any atom is 0.291 e. The number of piperazine rings is 1. The van der Waals surface area contributed by atoms with Crippen LogP contribution in [0.25, 0.3) is 11.0 Å². The monoisotopic (exact) mass is 395 g/mol. The van der Waals surface area contributed by atoms with E-state index < -0.39 is 0 Å². The number of ether oxygens (including phenoxy) is 1. The van der Waals surface area contributed by atoms with Crippen molar-refractivity contribution in [1.82, 2.24) is 14.9 Å². The predicted octanol–water partition coefficient (Wildman–Crippen LogP) is 2.85. The molecule has 0 radical (unpaired) electrons. The molecule has 0 aliphatic carbocycles. The van der Waals surface area contributed by atoms with E-state index in [1.807, 2.05) is 26.0 Å². The first-order valence-electron chi connectivity index (χ1n) is 9.63. The number of aromatic nitrogens is 2. The van der Waals surface area contributed by atoms with Crippen LogP contribution in [-0.4, -0.2) is 61.1 Å². The molecule has 3 heterocycles. The average Bonchev–Trinajstić information content (AvgIpc) is 3.15. The lowest BCUT2D eigenvalue weighted by atomic mass is 10.2. The average molecular weight is 395 g/mol. The largest absolute Gasteiger partial charge is 0.493 e. The van der Waals surface area contributed by atoms with E-state index in [2.05, 4.69) is 32.1 Å². The summed E-state index contributed by atoms with van der Waals surface area (Å²) in [7, 11) is 3.68. The number of hydrogen-bond acceptors (Lipinski definition) is 7. The Bertz CT molecular complexity index is 1030. The number of furan rings is 1. The number of likely N-dealkylation sites (N-methyl/N-ethyl adjacent to an activating group) is 1. The fourth-order valence-corrected chi connectivity index (χ4v) is 3.51. The first-order valence-corrected chi connectivity index (χ1v) is 9.63. The molecule has 152 valence electrons. The summed E-state index contributed by atoms with van der Waals surface area (Å²) in [6.07, 6.45) is 0. The third-order valence-electron chi connectivity index (χ3n) is 5.24. The van der Waals surface area contributed by atoms with Gasteiger partial charge in [-0.1, -0.05) is 12.1 Å². The van der Waals surface area contributed by atoms with Crippen molar-refractivity contribution in [3.05, 3.63) is 41.4 Å². The zero-order valence-electron chi connectivity index (χ0n) is 17.2. The Labute approximate surface area is 169 Å². The molecule has 4 rings (SSSR count). The highest BCUT2D eigenvalue weighted by Gasteiger charge is 2.21. The van der Waals surface area contributed by atoms with Gasteiger partial charge in [0.25, 0.3) is 5.91 Å². The molecular weight excluding hydrogens is 370 g/mol. The van der Waals surface area contributed by atoms with Crippen molar-refractivity contribution in [2.45, 2.75) is 13.8 Å². The van der Waals surface area contributed by atoms with Crippen LogP contribution in [0.5, 0.6) is 5.75 Å². The van der Waals surface area contributed by atoms with Gasteiger partial charge in [-0.3, -0.25) is 4.79 Å². The van der Waals surface area contributed by atoms with Crippen molar-refractivity contribution < 1.29 is 13.9 Å². The molecule has 0 unspecified atom stereocenters. The summed E-state index contributed by atoms with van der Waals surface area (Å²) >= 11 is 0. The molecule has 1 fully saturated rings. The van der Waals surface area contributed by atoms with Gasteiger partial charge in [-0.15, -0.1) is 0 Å². The highest BCUT2D eigenvalue weighted by molar-refractivity contribution is 6.05. The molecule has 0 bridgehead atoms. The van der Waals surface area contributed by atoms with Gasteiger partial charge in [0, 0.05) is 31.6 Å². The number of nitrogens with one attached hydrogen (secondary N) is 1. The summed E-state index contributed by atoms with van der Waals surface area (Å²) in [5.74, 6) is 1.17. The van der Waals surface area contributed by atoms with E-state index in [1.54, 1.807) is 19.2 Å². The maximum absolute atomic E-state index is 12.8. The SMILES string of the molecule is COc1cccc2cc(C(=O)Nc3c(C)nc(N4CCN(C)CC4)nc3C)oc12. The molecule has 2 aromatic heterocycles. The molecule has 0 atom stereocenters. The Balaban J connectivity index is 1.57. The molecule has 1 amide bonds. The van der Waals surface area contributed by atoms with Crippen LogP contribution < -0.4 is 15.0 Å². The van der Waals surface area contributed by atoms with Crippen LogP contribution in [0.15, 0.2) is 28.7 Å². The van der Waals surface area contributed by atoms with Crippen molar-refractivity contribution in [2.24, 2.45) is 0 Å². The van der Waals surface area contributed by atoms with Crippen LogP contribution in [-0.2, 0) is 0 Å². The molecule has 1 aliphatic heterocycles. The molecule has 8 heteroatoms. The molecule has 3 aromatic rings. The lowest BCUT2D eigenvalue weighted by molar-refractivity contribution is 0.0998. The Morgan fingerprint density at radius 2 is 1.83 bits per heavy atom. The van der Waals surface area contributed by atoms with Crippen LogP contribution in [0.1, 0.15) is 21.9 Å². The molecule has 1 aliphatic rings. The van der Waals surface area contributed by atoms with Crippen LogP contribution in [0.3, 0.4) is 0 Å². The number of rotatable bonds is 4. The molecule has 8 nitrogen and oxygen atoms in total. The summed E-state index contributed by atoms with van der Waals surface area (Å²) < 4.78 is 11.0. The van der Waals surface area contributed by atoms with Gasteiger partial charge in [-0.2, -0.15) is 0 Å². The second-order valence-electron chi connectivity index (χ2n) is 7.30. The van der Waals surface area contributed by atoms with Gasteiger partial charge in [0.1, 0.15) is 0 Å². The highest BCUT2D eigenvalue weighted by atomic mass is 16.5. The van der Waals surface area contributed by atoms with Crippen molar-refractivity contribution in [1.29, 1.82) is 0 Å². The summed E-state index contributed by atoms with van der Waals surface area (Å²) in [4.78, 5) is 26.5. The number of anilines is 2. The highest BCUT2D eigenvalue weighted by Crippen LogP contribution is 2.29. The first kappa shape index (κ1) is 19.2. The van der Waals surface area contributed by atoms with Gasteiger partial charge in [-0.05, 0) is 33.0 Å². The van der Waals surface area contributed by atoms with Crippen LogP contribution in [0.4, 0.5) is 11.6 Å². The standard InChI is InChI=1S/C21H25N5O3/c1-13-18(14(2)23-21(22-13)26-10-8-25(3)9-11-26)24-20(27)17-12-15-6-5-7-16(28-4)19(15)29-17/h5-7,12H,8-11H2,1-4H3,(H,24,27). The van der Waals surface area contributed by atoms with Crippen LogP contribution in [0, 0.1) is 13.8 Å². The second-order valence-corrected chi connectivity index (χ2v) is 7.30. The molecule has 29 heavy (non-hydrogen) atoms. The molecule has 1 aromatic carbocycles. The maximum atomic E-state index is 12.8. The van der Waals surface area contributed by atoms with E-state index >= 15 is 0 Å². The minimum absolute atomic E-state index is 0.214. The Hall–Kier alpha value is -3.13. The van der Waals surface area contributed by atoms with Gasteiger partial charge in [0.05, 0.1) is 24.2 Å². The smallest absolute Gasteiger partial charge is 0.291 e. The second kappa shape index (κ2) is 7.71. The fourth-order valence-electron chi connectivity index (χ4n) is 3.51. The molecule has 1 N–H and O–H groups in total. The first-order chi connectivity index (χ1) is 14.0. The van der Waals surface area contributed by atoms with Gasteiger partial charge < -0.3 is 24.3 Å². The number of hydrogen-bond donors (Lipinski definition) is 1. The van der Waals surface area contributed by atoms with Crippen molar-refractivity contribution in [3.63, 3.8) is 0 Å². The lowest BCUT2D eigenvalue weighted by Gasteiger charge is -2.32. The summed E-state index contributed by atoms with van der Waals surface area (Å²) in [5, 5.41) is 3.71. The van der Waals surface area contributed by atoms with Crippen molar-refractivity contribution in [3.8, 4) is 5.75 Å². The third kappa shape index (κ3) is 3.75. The molecule has 1 saturated heterocycles. The molecule has 0 spiro atoms. The van der Waals surface area contributed by atoms with E-state index in [0.717, 1.165) is 43.0 Å². The Morgan fingerprint density at radius 3 is 2.48 bits per heavy atom. The number of methoxy groups -OCH3 is 1. The van der Waals surface area contributed by atoms with Crippen LogP contribution in [0.2, 0.25) is 0 Å². The number of fused-ring (bicyclic) bond motifs is 1. The zero-order chi connectivity index (χ0) is 20.5. The number of amides is 1. The quantitative estimate of drug-likeness (QED) is 0.727. The number of nitrogens with zero attached hydrogens (tertiary/aromatic N) is 4. The Kier molecular flexibility index (Phi) is 5.10. The minimum Gasteiger partial charge on any atom is -0.493 e. The summed E-state index contributed by atoms with van der Waals surface area (Å²) in [5.41, 5.74) is 2.62. The van der Waals surface area contributed by atoms with E-state index in [1.165, 1.54) is 0 Å². The number of carbonyl (C=O) groups is 1. The normalized spacial score (nSPS) is 15.0. The van der Waals surface area contributed by atoms with Crippen molar-refractivity contribution >= 4 is 28.5 Å². The topological polar surface area (TPSA) is 83.7 Å². The number of aryl methyl sites for hydroxylation is 2. The van der Waals surface area contributed by atoms with Crippen LogP contribution >= 0.6 is 0 Å². The lowest BCUT2D eigenvalue weighted by Crippen LogP contribution is -2.45. The van der Waals surface area contributed by atoms with E-state index in [9.17, 15) is 4.79 Å². The number of para-hydroxylation sites is 1. The minimum atomic E-state index is -0.342. The van der Waals surface area contributed by atoms with Crippen molar-refractivity contribution in [2.75, 3.05) is 50.6 Å². The summed E-state index contributed by atoms with van der Waals surface area (Å²) in [6.45, 7) is 7.51. The third-order valence-corrected chi connectivity index (χ3v) is 5.24. The fraction of sp³-hybridized carbons (Fsp3) is 0.381. The Morgan fingerprint density at radius 1 is 1.14 bits per heavy atom. The predicted molar refractivity (Wildman–Crippen MR) is 112 cm³/mol. The van der Waals surface area contributed by atoms with E-state index in [4.69, 9.17) is 9.15 Å². The zero-order valence-corrected chi connectivity index (χ0v) is 17.2.